The van der Waals surface area contributed by atoms with E-state index in [0.29, 0.717) is 24.9 Å². The summed E-state index contributed by atoms with van der Waals surface area (Å²) in [6.07, 6.45) is 0.387. The van der Waals surface area contributed by atoms with Crippen LogP contribution in [0.2, 0.25) is 0 Å². The Labute approximate surface area is 142 Å². The molecule has 0 aromatic carbocycles. The first-order chi connectivity index (χ1) is 10.3. The van der Waals surface area contributed by atoms with Crippen LogP contribution >= 0.6 is 0 Å². The molecule has 0 aliphatic heterocycles. The minimum atomic E-state index is -0.700. The van der Waals surface area contributed by atoms with Gasteiger partial charge in [0.25, 0.3) is 0 Å². The van der Waals surface area contributed by atoms with Crippen molar-refractivity contribution in [2.45, 2.75) is 73.0 Å². The number of hydrogen-bond acceptors (Lipinski definition) is 4. The van der Waals surface area contributed by atoms with Gasteiger partial charge in [-0.15, -0.1) is 0 Å². The molecule has 23 heavy (non-hydrogen) atoms. The van der Waals surface area contributed by atoms with Crippen LogP contribution in [0.4, 0.5) is 4.79 Å². The summed E-state index contributed by atoms with van der Waals surface area (Å²) >= 11 is 0. The van der Waals surface area contributed by atoms with Crippen LogP contribution in [-0.2, 0) is 4.74 Å². The fourth-order valence-electron chi connectivity index (χ4n) is 2.55. The molecule has 0 spiro atoms. The van der Waals surface area contributed by atoms with Gasteiger partial charge in [0.2, 0.25) is 0 Å². The maximum Gasteiger partial charge on any atom is 0.407 e. The monoisotopic (exact) mass is 330 g/mol. The van der Waals surface area contributed by atoms with E-state index in [2.05, 4.69) is 38.3 Å². The second-order valence-electron chi connectivity index (χ2n) is 8.61. The molecule has 0 saturated heterocycles. The fraction of sp³-hybridized carbons (Fsp3) is 0.944. The summed E-state index contributed by atoms with van der Waals surface area (Å²) in [5.74, 6) is 1.17. The van der Waals surface area contributed by atoms with E-state index in [1.165, 1.54) is 0 Å². The van der Waals surface area contributed by atoms with Crippen molar-refractivity contribution in [2.24, 2.45) is 17.8 Å². The summed E-state index contributed by atoms with van der Waals surface area (Å²) in [4.78, 5) is 11.7. The van der Waals surface area contributed by atoms with E-state index in [-0.39, 0.29) is 12.0 Å². The van der Waals surface area contributed by atoms with Crippen LogP contribution in [0.15, 0.2) is 0 Å². The van der Waals surface area contributed by atoms with Crippen LogP contribution in [0.5, 0.6) is 0 Å². The van der Waals surface area contributed by atoms with Gasteiger partial charge in [0.1, 0.15) is 5.60 Å². The van der Waals surface area contributed by atoms with Crippen molar-refractivity contribution >= 4 is 6.09 Å². The molecule has 5 nitrogen and oxygen atoms in total. The zero-order chi connectivity index (χ0) is 18.3. The Bertz CT molecular complexity index is 347. The third kappa shape index (κ3) is 12.3. The Hall–Kier alpha value is -0.810. The maximum absolute atomic E-state index is 11.7. The van der Waals surface area contributed by atoms with Crippen LogP contribution in [0, 0.1) is 17.8 Å². The number of rotatable bonds is 9. The Kier molecular flexibility index (Phi) is 9.14. The topological polar surface area (TPSA) is 70.6 Å². The number of carbonyl (C=O) groups excluding carboxylic acids is 1. The Morgan fingerprint density at radius 1 is 1.09 bits per heavy atom. The number of aliphatic hydroxyl groups is 1. The molecule has 5 heteroatoms. The molecule has 0 aliphatic rings. The summed E-state index contributed by atoms with van der Waals surface area (Å²) in [5, 5.41) is 16.5. The number of alkyl carbamates (subject to hydrolysis) is 1. The predicted molar refractivity (Wildman–Crippen MR) is 95.5 cm³/mol. The van der Waals surface area contributed by atoms with Gasteiger partial charge in [-0.05, 0) is 58.4 Å². The smallest absolute Gasteiger partial charge is 0.407 e. The second-order valence-corrected chi connectivity index (χ2v) is 8.61. The third-order valence-corrected chi connectivity index (χ3v) is 3.61. The van der Waals surface area contributed by atoms with Gasteiger partial charge in [-0.25, -0.2) is 4.79 Å². The summed E-state index contributed by atoms with van der Waals surface area (Å²) in [6.45, 7) is 17.8. The van der Waals surface area contributed by atoms with Crippen molar-refractivity contribution in [3.8, 4) is 0 Å². The molecule has 2 unspecified atom stereocenters. The lowest BCUT2D eigenvalue weighted by molar-refractivity contribution is 0.0365. The molecule has 0 bridgehead atoms. The van der Waals surface area contributed by atoms with Gasteiger partial charge >= 0.3 is 6.09 Å². The SMILES string of the molecule is CC(C)CC(C)(O)CNCC(CNC(=O)OC(C)(C)C)C(C)C. The third-order valence-electron chi connectivity index (χ3n) is 3.61. The fourth-order valence-corrected chi connectivity index (χ4v) is 2.55. The molecular weight excluding hydrogens is 292 g/mol. The quantitative estimate of drug-likeness (QED) is 0.607. The summed E-state index contributed by atoms with van der Waals surface area (Å²) < 4.78 is 5.26. The zero-order valence-corrected chi connectivity index (χ0v) is 16.3. The molecule has 1 amide bonds. The number of carbonyl (C=O) groups is 1. The van der Waals surface area contributed by atoms with Crippen LogP contribution in [-0.4, -0.2) is 42.0 Å². The number of ether oxygens (including phenoxy) is 1. The lowest BCUT2D eigenvalue weighted by Crippen LogP contribution is -2.44. The van der Waals surface area contributed by atoms with E-state index in [1.807, 2.05) is 27.7 Å². The van der Waals surface area contributed by atoms with E-state index in [0.717, 1.165) is 13.0 Å². The van der Waals surface area contributed by atoms with E-state index in [1.54, 1.807) is 0 Å². The van der Waals surface area contributed by atoms with E-state index < -0.39 is 11.2 Å². The zero-order valence-electron chi connectivity index (χ0n) is 16.3. The highest BCUT2D eigenvalue weighted by atomic mass is 16.6. The molecular formula is C18H38N2O3. The number of amides is 1. The molecule has 138 valence electrons. The largest absolute Gasteiger partial charge is 0.444 e. The van der Waals surface area contributed by atoms with Crippen molar-refractivity contribution in [3.63, 3.8) is 0 Å². The average molecular weight is 331 g/mol. The van der Waals surface area contributed by atoms with Crippen LogP contribution in [0.1, 0.15) is 61.8 Å². The van der Waals surface area contributed by atoms with Gasteiger partial charge in [0, 0.05) is 13.1 Å². The minimum absolute atomic E-state index is 0.289. The highest BCUT2D eigenvalue weighted by Gasteiger charge is 2.23. The lowest BCUT2D eigenvalue weighted by Gasteiger charge is -2.28. The van der Waals surface area contributed by atoms with Gasteiger partial charge < -0.3 is 20.5 Å². The van der Waals surface area contributed by atoms with E-state index in [4.69, 9.17) is 4.74 Å². The van der Waals surface area contributed by atoms with Gasteiger partial charge in [-0.1, -0.05) is 27.7 Å². The molecule has 0 rings (SSSR count). The molecule has 0 saturated carbocycles. The molecule has 0 fully saturated rings. The van der Waals surface area contributed by atoms with Crippen molar-refractivity contribution in [1.29, 1.82) is 0 Å². The maximum atomic E-state index is 11.7. The highest BCUT2D eigenvalue weighted by molar-refractivity contribution is 5.67. The Morgan fingerprint density at radius 2 is 1.65 bits per heavy atom. The molecule has 0 radical (unpaired) electrons. The van der Waals surface area contributed by atoms with Crippen molar-refractivity contribution < 1.29 is 14.6 Å². The van der Waals surface area contributed by atoms with Crippen molar-refractivity contribution in [1.82, 2.24) is 10.6 Å². The first-order valence-corrected chi connectivity index (χ1v) is 8.72. The first-order valence-electron chi connectivity index (χ1n) is 8.72. The highest BCUT2D eigenvalue weighted by Crippen LogP contribution is 2.16. The average Bonchev–Trinajstić information content (AvgIpc) is 2.28. The molecule has 0 aliphatic carbocycles. The van der Waals surface area contributed by atoms with Crippen LogP contribution < -0.4 is 10.6 Å². The molecule has 3 N–H and O–H groups in total. The molecule has 0 heterocycles. The van der Waals surface area contributed by atoms with Gasteiger partial charge in [-0.2, -0.15) is 0 Å². The summed E-state index contributed by atoms with van der Waals surface area (Å²) in [7, 11) is 0. The van der Waals surface area contributed by atoms with Crippen molar-refractivity contribution in [3.05, 3.63) is 0 Å². The first kappa shape index (κ1) is 22.2. The number of nitrogens with one attached hydrogen (secondary N) is 2. The van der Waals surface area contributed by atoms with E-state index in [9.17, 15) is 9.90 Å². The summed E-state index contributed by atoms with van der Waals surface area (Å²) in [6, 6.07) is 0. The minimum Gasteiger partial charge on any atom is -0.444 e. The standard InChI is InChI=1S/C18H38N2O3/c1-13(2)9-18(8,22)12-19-10-15(14(3)4)11-20-16(21)23-17(5,6)7/h13-15,19,22H,9-12H2,1-8H3,(H,20,21). The van der Waals surface area contributed by atoms with Gasteiger partial charge in [-0.3, -0.25) is 0 Å². The Morgan fingerprint density at radius 3 is 2.09 bits per heavy atom. The van der Waals surface area contributed by atoms with Crippen LogP contribution in [0.25, 0.3) is 0 Å². The Balaban J connectivity index is 4.25. The van der Waals surface area contributed by atoms with Crippen molar-refractivity contribution in [2.75, 3.05) is 19.6 Å². The normalized spacial score (nSPS) is 16.3. The van der Waals surface area contributed by atoms with Crippen LogP contribution in [0.3, 0.4) is 0 Å². The molecule has 0 aromatic heterocycles. The van der Waals surface area contributed by atoms with Gasteiger partial charge in [0.15, 0.2) is 0 Å². The van der Waals surface area contributed by atoms with E-state index >= 15 is 0 Å². The summed E-state index contributed by atoms with van der Waals surface area (Å²) in [5.41, 5.74) is -1.18. The molecule has 0 aromatic rings. The number of hydrogen-bond donors (Lipinski definition) is 3. The van der Waals surface area contributed by atoms with Gasteiger partial charge in [0.05, 0.1) is 5.60 Å². The predicted octanol–water partition coefficient (Wildman–Crippen LogP) is 3.17. The lowest BCUT2D eigenvalue weighted by atomic mass is 9.93. The second kappa shape index (κ2) is 9.48. The molecule has 2 atom stereocenters.